The average Bonchev–Trinajstić information content (AvgIpc) is 3.41. The highest BCUT2D eigenvalue weighted by Crippen LogP contribution is 2.36. The average molecular weight is 450 g/mol. The molecule has 0 atom stereocenters. The molecule has 0 unspecified atom stereocenters. The van der Waals surface area contributed by atoms with E-state index >= 15 is 0 Å². The van der Waals surface area contributed by atoms with E-state index in [1.165, 1.54) is 17.6 Å². The Balaban J connectivity index is 1.57. The van der Waals surface area contributed by atoms with Gasteiger partial charge in [-0.2, -0.15) is 0 Å². The third-order valence-corrected chi connectivity index (χ3v) is 6.15. The van der Waals surface area contributed by atoms with Gasteiger partial charge in [-0.1, -0.05) is 6.07 Å². The zero-order valence-corrected chi connectivity index (χ0v) is 18.9. The van der Waals surface area contributed by atoms with Crippen molar-refractivity contribution in [2.75, 3.05) is 18.4 Å². The van der Waals surface area contributed by atoms with E-state index in [1.54, 1.807) is 53.6 Å². The molecule has 0 aliphatic carbocycles. The zero-order valence-electron chi connectivity index (χ0n) is 18.0. The molecule has 4 aromatic rings. The third kappa shape index (κ3) is 4.36. The van der Waals surface area contributed by atoms with Gasteiger partial charge in [0.15, 0.2) is 5.76 Å². The van der Waals surface area contributed by atoms with Crippen molar-refractivity contribution in [2.45, 2.75) is 20.8 Å². The van der Waals surface area contributed by atoms with Crippen LogP contribution in [-0.4, -0.2) is 34.8 Å². The second-order valence-corrected chi connectivity index (χ2v) is 8.18. The van der Waals surface area contributed by atoms with Crippen LogP contribution in [0.3, 0.4) is 0 Å². The Morgan fingerprint density at radius 2 is 1.97 bits per heavy atom. The SMILES string of the molecule is CCN(CC)C(=O)c1cc2nccc(Oc3cccc(NC(=O)c4occc4C)c3)c2s1. The van der Waals surface area contributed by atoms with E-state index in [0.29, 0.717) is 40.7 Å². The van der Waals surface area contributed by atoms with Gasteiger partial charge >= 0.3 is 0 Å². The number of carbonyl (C=O) groups excluding carboxylic acids is 2. The highest BCUT2D eigenvalue weighted by atomic mass is 32.1. The van der Waals surface area contributed by atoms with Gasteiger partial charge in [0.2, 0.25) is 0 Å². The van der Waals surface area contributed by atoms with Crippen LogP contribution >= 0.6 is 11.3 Å². The Labute approximate surface area is 189 Å². The van der Waals surface area contributed by atoms with Crippen molar-refractivity contribution >= 4 is 39.1 Å². The normalized spacial score (nSPS) is 10.8. The largest absolute Gasteiger partial charge is 0.459 e. The summed E-state index contributed by atoms with van der Waals surface area (Å²) in [5.41, 5.74) is 2.06. The molecule has 3 aromatic heterocycles. The lowest BCUT2D eigenvalue weighted by molar-refractivity contribution is 0.0777. The summed E-state index contributed by atoms with van der Waals surface area (Å²) >= 11 is 1.36. The summed E-state index contributed by atoms with van der Waals surface area (Å²) in [6.45, 7) is 7.03. The molecular formula is C24H23N3O4S. The Morgan fingerprint density at radius 3 is 2.69 bits per heavy atom. The second-order valence-electron chi connectivity index (χ2n) is 7.13. The molecule has 164 valence electrons. The molecule has 0 aliphatic rings. The molecule has 0 saturated heterocycles. The molecule has 32 heavy (non-hydrogen) atoms. The smallest absolute Gasteiger partial charge is 0.291 e. The lowest BCUT2D eigenvalue weighted by Gasteiger charge is -2.17. The van der Waals surface area contributed by atoms with Gasteiger partial charge in [0.1, 0.15) is 11.5 Å². The summed E-state index contributed by atoms with van der Waals surface area (Å²) in [7, 11) is 0. The molecule has 8 heteroatoms. The fourth-order valence-electron chi connectivity index (χ4n) is 3.32. The van der Waals surface area contributed by atoms with Crippen molar-refractivity contribution in [3.63, 3.8) is 0 Å². The Bertz CT molecular complexity index is 1270. The number of anilines is 1. The van der Waals surface area contributed by atoms with E-state index in [9.17, 15) is 9.59 Å². The maximum atomic E-state index is 12.7. The van der Waals surface area contributed by atoms with Crippen LogP contribution in [-0.2, 0) is 0 Å². The zero-order chi connectivity index (χ0) is 22.7. The van der Waals surface area contributed by atoms with Gasteiger partial charge in [-0.25, -0.2) is 0 Å². The molecule has 1 N–H and O–H groups in total. The van der Waals surface area contributed by atoms with Crippen LogP contribution in [0.2, 0.25) is 0 Å². The summed E-state index contributed by atoms with van der Waals surface area (Å²) < 4.78 is 12.1. The minimum atomic E-state index is -0.325. The lowest BCUT2D eigenvalue weighted by Crippen LogP contribution is -2.29. The monoisotopic (exact) mass is 449 g/mol. The van der Waals surface area contributed by atoms with E-state index in [4.69, 9.17) is 9.15 Å². The minimum absolute atomic E-state index is 0.0121. The first-order valence-electron chi connectivity index (χ1n) is 10.3. The summed E-state index contributed by atoms with van der Waals surface area (Å²) in [6.07, 6.45) is 3.14. The molecule has 0 bridgehead atoms. The van der Waals surface area contributed by atoms with Gasteiger partial charge in [0, 0.05) is 42.7 Å². The highest BCUT2D eigenvalue weighted by molar-refractivity contribution is 7.21. The molecule has 1 aromatic carbocycles. The maximum Gasteiger partial charge on any atom is 0.291 e. The standard InChI is InChI=1S/C24H23N3O4S/c1-4-27(5-2)24(29)20-14-18-22(32-20)19(9-11-25-18)31-17-8-6-7-16(13-17)26-23(28)21-15(3)10-12-30-21/h6-14H,4-5H2,1-3H3,(H,26,28). The summed E-state index contributed by atoms with van der Waals surface area (Å²) in [5.74, 6) is 1.09. The molecule has 0 aliphatic heterocycles. The molecular weight excluding hydrogens is 426 g/mol. The van der Waals surface area contributed by atoms with Gasteiger partial charge in [-0.05, 0) is 45.0 Å². The van der Waals surface area contributed by atoms with Gasteiger partial charge in [-0.3, -0.25) is 14.6 Å². The number of hydrogen-bond donors (Lipinski definition) is 1. The van der Waals surface area contributed by atoms with Gasteiger partial charge in [-0.15, -0.1) is 11.3 Å². The second kappa shape index (κ2) is 9.23. The number of aromatic nitrogens is 1. The van der Waals surface area contributed by atoms with E-state index in [1.807, 2.05) is 20.8 Å². The number of nitrogens with zero attached hydrogens (tertiary/aromatic N) is 2. The summed E-state index contributed by atoms with van der Waals surface area (Å²) in [5, 5.41) is 2.82. The van der Waals surface area contributed by atoms with Crippen LogP contribution in [0.15, 0.2) is 59.3 Å². The number of thiophene rings is 1. The third-order valence-electron chi connectivity index (χ3n) is 5.03. The number of carbonyl (C=O) groups is 2. The van der Waals surface area contributed by atoms with Gasteiger partial charge in [0.05, 0.1) is 21.4 Å². The van der Waals surface area contributed by atoms with Crippen LogP contribution in [0, 0.1) is 6.92 Å². The number of furan rings is 1. The van der Waals surface area contributed by atoms with Crippen molar-refractivity contribution in [3.05, 3.63) is 71.1 Å². The summed E-state index contributed by atoms with van der Waals surface area (Å²) in [6, 6.07) is 12.4. The first-order valence-corrected chi connectivity index (χ1v) is 11.1. The van der Waals surface area contributed by atoms with Crippen LogP contribution in [0.1, 0.15) is 39.6 Å². The number of benzene rings is 1. The van der Waals surface area contributed by atoms with Crippen molar-refractivity contribution in [1.29, 1.82) is 0 Å². The first kappa shape index (κ1) is 21.6. The minimum Gasteiger partial charge on any atom is -0.459 e. The molecule has 3 heterocycles. The van der Waals surface area contributed by atoms with Crippen molar-refractivity contribution in [2.24, 2.45) is 0 Å². The fraction of sp³-hybridized carbons (Fsp3) is 0.208. The number of nitrogens with one attached hydrogen (secondary N) is 1. The molecule has 2 amide bonds. The van der Waals surface area contributed by atoms with Crippen LogP contribution in [0.5, 0.6) is 11.5 Å². The highest BCUT2D eigenvalue weighted by Gasteiger charge is 2.18. The number of aryl methyl sites for hydroxylation is 1. The van der Waals surface area contributed by atoms with E-state index in [-0.39, 0.29) is 17.6 Å². The first-order chi connectivity index (χ1) is 15.5. The van der Waals surface area contributed by atoms with Gasteiger partial charge in [0.25, 0.3) is 11.8 Å². The molecule has 0 radical (unpaired) electrons. The molecule has 4 rings (SSSR count). The molecule has 0 spiro atoms. The Morgan fingerprint density at radius 1 is 1.16 bits per heavy atom. The summed E-state index contributed by atoms with van der Waals surface area (Å²) in [4.78, 5) is 31.9. The number of rotatable bonds is 7. The van der Waals surface area contributed by atoms with E-state index < -0.39 is 0 Å². The number of fused-ring (bicyclic) bond motifs is 1. The number of ether oxygens (including phenoxy) is 1. The van der Waals surface area contributed by atoms with E-state index in [0.717, 1.165) is 10.3 Å². The predicted octanol–water partition coefficient (Wildman–Crippen LogP) is 5.72. The Hall–Kier alpha value is -3.65. The topological polar surface area (TPSA) is 84.7 Å². The molecule has 0 fully saturated rings. The maximum absolute atomic E-state index is 12.7. The molecule has 0 saturated carbocycles. The van der Waals surface area contributed by atoms with Crippen molar-refractivity contribution in [1.82, 2.24) is 9.88 Å². The number of hydrogen-bond acceptors (Lipinski definition) is 6. The van der Waals surface area contributed by atoms with Crippen molar-refractivity contribution < 1.29 is 18.7 Å². The number of amides is 2. The molecule has 7 nitrogen and oxygen atoms in total. The van der Waals surface area contributed by atoms with Crippen LogP contribution in [0.25, 0.3) is 10.2 Å². The quantitative estimate of drug-likeness (QED) is 0.390. The fourth-order valence-corrected chi connectivity index (χ4v) is 4.36. The lowest BCUT2D eigenvalue weighted by atomic mass is 10.2. The van der Waals surface area contributed by atoms with Crippen LogP contribution in [0.4, 0.5) is 5.69 Å². The Kier molecular flexibility index (Phi) is 6.23. The van der Waals surface area contributed by atoms with Crippen LogP contribution < -0.4 is 10.1 Å². The van der Waals surface area contributed by atoms with Crippen molar-refractivity contribution in [3.8, 4) is 11.5 Å². The van der Waals surface area contributed by atoms with E-state index in [2.05, 4.69) is 10.3 Å². The predicted molar refractivity (Wildman–Crippen MR) is 125 cm³/mol. The number of pyridine rings is 1. The van der Waals surface area contributed by atoms with Gasteiger partial charge < -0.3 is 19.4 Å².